The quantitative estimate of drug-likeness (QED) is 0.311. The first-order valence-corrected chi connectivity index (χ1v) is 15.4. The van der Waals surface area contributed by atoms with E-state index in [1.54, 1.807) is 4.90 Å². The van der Waals surface area contributed by atoms with Gasteiger partial charge in [0.1, 0.15) is 11.2 Å². The number of hydrogen-bond acceptors (Lipinski definition) is 4. The molecule has 0 atom stereocenters. The van der Waals surface area contributed by atoms with Crippen molar-refractivity contribution in [2.24, 2.45) is 5.92 Å². The van der Waals surface area contributed by atoms with Crippen molar-refractivity contribution in [2.75, 3.05) is 13.1 Å². The predicted octanol–water partition coefficient (Wildman–Crippen LogP) is 7.20. The van der Waals surface area contributed by atoms with Crippen LogP contribution in [-0.4, -0.2) is 52.9 Å². The number of ether oxygens (including phenoxy) is 1. The molecule has 1 amide bonds. The zero-order valence-corrected chi connectivity index (χ0v) is 24.4. The molecule has 2 aromatic rings. The average Bonchev–Trinajstić information content (AvgIpc) is 3.16. The number of hydrogen-bond donors (Lipinski definition) is 0. The van der Waals surface area contributed by atoms with Gasteiger partial charge in [0.2, 0.25) is 0 Å². The van der Waals surface area contributed by atoms with Gasteiger partial charge in [0.15, 0.2) is 14.0 Å². The van der Waals surface area contributed by atoms with Gasteiger partial charge in [0, 0.05) is 36.2 Å². The second-order valence-corrected chi connectivity index (χ2v) is 17.9. The van der Waals surface area contributed by atoms with Crippen LogP contribution in [0.25, 0.3) is 11.0 Å². The van der Waals surface area contributed by atoms with E-state index >= 15 is 0 Å². The maximum absolute atomic E-state index is 13.8. The highest BCUT2D eigenvalue weighted by Gasteiger charge is 2.46. The van der Waals surface area contributed by atoms with Crippen LogP contribution in [-0.2, 0) is 4.74 Å². The molecule has 1 aliphatic rings. The van der Waals surface area contributed by atoms with Gasteiger partial charge in [-0.1, -0.05) is 41.5 Å². The SMILES string of the molecule is Cc1cnc2c(ccn2[Si](C(C)C)(C(C)C)C(C)C)c1C(=O)C1CCN(C(=O)OC(C)(C)C)CC1. The number of ketones is 1. The fourth-order valence-electron chi connectivity index (χ4n) is 6.51. The Hall–Kier alpha value is -2.15. The Labute approximate surface area is 212 Å². The van der Waals surface area contributed by atoms with Crippen molar-refractivity contribution >= 4 is 31.1 Å². The molecule has 7 heteroatoms. The number of Topliss-reactive ketones (excluding diaryl/α,β-unsaturated/α-hetero) is 1. The van der Waals surface area contributed by atoms with E-state index in [0.717, 1.165) is 22.2 Å². The van der Waals surface area contributed by atoms with Crippen molar-refractivity contribution in [1.82, 2.24) is 14.1 Å². The minimum Gasteiger partial charge on any atom is -0.444 e. The smallest absolute Gasteiger partial charge is 0.410 e. The lowest BCUT2D eigenvalue weighted by molar-refractivity contribution is 0.0182. The Balaban J connectivity index is 1.94. The van der Waals surface area contributed by atoms with Gasteiger partial charge in [-0.25, -0.2) is 9.78 Å². The van der Waals surface area contributed by atoms with Gasteiger partial charge in [0.05, 0.1) is 0 Å². The topological polar surface area (TPSA) is 64.4 Å². The number of aromatic nitrogens is 2. The van der Waals surface area contributed by atoms with E-state index in [0.29, 0.717) is 42.6 Å². The molecule has 0 N–H and O–H groups in total. The number of carbonyl (C=O) groups is 2. The molecule has 0 spiro atoms. The lowest BCUT2D eigenvalue weighted by Crippen LogP contribution is -2.51. The summed E-state index contributed by atoms with van der Waals surface area (Å²) >= 11 is 0. The highest BCUT2D eigenvalue weighted by atomic mass is 28.3. The Kier molecular flexibility index (Phi) is 7.90. The molecular formula is C28H45N3O3Si. The standard InChI is InChI=1S/C28H45N3O3Si/c1-18(2)35(19(3)4,20(5)6)31-16-13-23-24(21(7)17-29-26(23)31)25(32)22-11-14-30(15-12-22)27(33)34-28(8,9)10/h13,16-20,22H,11-12,14-15H2,1-10H3. The van der Waals surface area contributed by atoms with Crippen LogP contribution in [0.15, 0.2) is 18.5 Å². The lowest BCUT2D eigenvalue weighted by atomic mass is 9.87. The Morgan fingerprint density at radius 1 is 1.03 bits per heavy atom. The number of rotatable bonds is 6. The Morgan fingerprint density at radius 2 is 1.57 bits per heavy atom. The van der Waals surface area contributed by atoms with Gasteiger partial charge >= 0.3 is 6.09 Å². The number of likely N-dealkylation sites (tertiary alicyclic amines) is 1. The second kappa shape index (κ2) is 10.1. The number of amides is 1. The van der Waals surface area contributed by atoms with E-state index in [-0.39, 0.29) is 17.8 Å². The number of nitrogens with zero attached hydrogens (tertiary/aromatic N) is 3. The van der Waals surface area contributed by atoms with Gasteiger partial charge in [-0.2, -0.15) is 0 Å². The van der Waals surface area contributed by atoms with Crippen LogP contribution < -0.4 is 0 Å². The largest absolute Gasteiger partial charge is 0.444 e. The van der Waals surface area contributed by atoms with Crippen molar-refractivity contribution < 1.29 is 14.3 Å². The summed E-state index contributed by atoms with van der Waals surface area (Å²) in [4.78, 5) is 32.9. The summed E-state index contributed by atoms with van der Waals surface area (Å²) in [7, 11) is -1.99. The number of fused-ring (bicyclic) bond motifs is 1. The van der Waals surface area contributed by atoms with Crippen molar-refractivity contribution in [1.29, 1.82) is 0 Å². The molecule has 1 fully saturated rings. The molecule has 194 valence electrons. The van der Waals surface area contributed by atoms with Crippen LogP contribution in [0.3, 0.4) is 0 Å². The maximum Gasteiger partial charge on any atom is 0.410 e. The molecule has 3 heterocycles. The normalized spacial score (nSPS) is 16.1. The summed E-state index contributed by atoms with van der Waals surface area (Å²) < 4.78 is 8.00. The molecule has 0 saturated carbocycles. The van der Waals surface area contributed by atoms with Crippen LogP contribution in [0.4, 0.5) is 4.79 Å². The third-order valence-electron chi connectivity index (χ3n) is 7.86. The molecule has 1 saturated heterocycles. The first-order valence-electron chi connectivity index (χ1n) is 13.2. The molecule has 1 aliphatic heterocycles. The molecule has 0 aromatic carbocycles. The molecule has 0 radical (unpaired) electrons. The summed E-state index contributed by atoms with van der Waals surface area (Å²) in [5, 5.41) is 0.975. The summed E-state index contributed by atoms with van der Waals surface area (Å²) in [6.07, 6.45) is 5.10. The van der Waals surface area contributed by atoms with Crippen molar-refractivity contribution in [3.05, 3.63) is 29.6 Å². The van der Waals surface area contributed by atoms with E-state index in [9.17, 15) is 9.59 Å². The number of piperidine rings is 1. The Morgan fingerprint density at radius 3 is 2.06 bits per heavy atom. The third-order valence-corrected chi connectivity index (χ3v) is 14.6. The molecule has 2 aromatic heterocycles. The second-order valence-electron chi connectivity index (χ2n) is 12.2. The molecule has 0 unspecified atom stereocenters. The predicted molar refractivity (Wildman–Crippen MR) is 146 cm³/mol. The maximum atomic E-state index is 13.8. The third kappa shape index (κ3) is 5.06. The lowest BCUT2D eigenvalue weighted by Gasteiger charge is -2.44. The first-order chi connectivity index (χ1) is 16.2. The summed E-state index contributed by atoms with van der Waals surface area (Å²) in [5.41, 5.74) is 3.79. The molecule has 35 heavy (non-hydrogen) atoms. The number of aryl methyl sites for hydroxylation is 1. The number of carbonyl (C=O) groups excluding carboxylic acids is 2. The molecule has 0 bridgehead atoms. The first kappa shape index (κ1) is 27.4. The van der Waals surface area contributed by atoms with Crippen LogP contribution in [0.1, 0.15) is 91.1 Å². The van der Waals surface area contributed by atoms with Crippen molar-refractivity contribution in [2.45, 2.75) is 104 Å². The summed E-state index contributed by atoms with van der Waals surface area (Å²) in [6, 6.07) is 2.12. The molecular weight excluding hydrogens is 454 g/mol. The zero-order valence-electron chi connectivity index (χ0n) is 23.4. The zero-order chi connectivity index (χ0) is 26.3. The van der Waals surface area contributed by atoms with E-state index in [1.165, 1.54) is 0 Å². The van der Waals surface area contributed by atoms with Gasteiger partial charge in [-0.3, -0.25) is 4.79 Å². The minimum absolute atomic E-state index is 0.0939. The van der Waals surface area contributed by atoms with Gasteiger partial charge < -0.3 is 13.9 Å². The van der Waals surface area contributed by atoms with Crippen LogP contribution in [0, 0.1) is 12.8 Å². The van der Waals surface area contributed by atoms with E-state index in [2.05, 4.69) is 58.0 Å². The average molecular weight is 500 g/mol. The van der Waals surface area contributed by atoms with Crippen molar-refractivity contribution in [3.63, 3.8) is 0 Å². The fraction of sp³-hybridized carbons (Fsp3) is 0.679. The Bertz CT molecular complexity index is 1050. The molecule has 3 rings (SSSR count). The van der Waals surface area contributed by atoms with Gasteiger partial charge in [-0.05, 0) is 75.0 Å². The van der Waals surface area contributed by atoms with Crippen molar-refractivity contribution in [3.8, 4) is 0 Å². The van der Waals surface area contributed by atoms with E-state index in [1.807, 2.05) is 33.9 Å². The van der Waals surface area contributed by atoms with Crippen LogP contribution in [0.5, 0.6) is 0 Å². The fourth-order valence-corrected chi connectivity index (χ4v) is 13.1. The van der Waals surface area contributed by atoms with E-state index < -0.39 is 13.8 Å². The molecule has 6 nitrogen and oxygen atoms in total. The minimum atomic E-state index is -1.99. The molecule has 0 aliphatic carbocycles. The van der Waals surface area contributed by atoms with Crippen LogP contribution >= 0.6 is 0 Å². The van der Waals surface area contributed by atoms with Crippen LogP contribution in [0.2, 0.25) is 16.6 Å². The number of pyridine rings is 1. The highest BCUT2D eigenvalue weighted by Crippen LogP contribution is 2.44. The monoisotopic (exact) mass is 499 g/mol. The van der Waals surface area contributed by atoms with Gasteiger partial charge in [-0.15, -0.1) is 0 Å². The van der Waals surface area contributed by atoms with E-state index in [4.69, 9.17) is 9.72 Å². The van der Waals surface area contributed by atoms with Gasteiger partial charge in [0.25, 0.3) is 0 Å². The summed E-state index contributed by atoms with van der Waals surface area (Å²) in [5.74, 6) is 0.0889. The summed E-state index contributed by atoms with van der Waals surface area (Å²) in [6.45, 7) is 22.8. The highest BCUT2D eigenvalue weighted by molar-refractivity contribution is 6.82.